The van der Waals surface area contributed by atoms with Gasteiger partial charge in [-0.1, -0.05) is 0 Å². The molecule has 25 heavy (non-hydrogen) atoms. The van der Waals surface area contributed by atoms with Gasteiger partial charge in [0.1, 0.15) is 5.69 Å². The van der Waals surface area contributed by atoms with E-state index in [4.69, 9.17) is 4.74 Å². The molecule has 0 unspecified atom stereocenters. The third-order valence-electron chi connectivity index (χ3n) is 4.19. The Kier molecular flexibility index (Phi) is 4.01. The summed E-state index contributed by atoms with van der Waals surface area (Å²) in [6.07, 6.45) is 3.19. The number of nitrogens with zero attached hydrogens (tertiary/aromatic N) is 1. The molecule has 2 N–H and O–H groups in total. The zero-order valence-corrected chi connectivity index (χ0v) is 14.5. The number of carbonyl (C=O) groups is 2. The van der Waals surface area contributed by atoms with Gasteiger partial charge in [-0.25, -0.2) is 9.78 Å². The predicted octanol–water partition coefficient (Wildman–Crippen LogP) is 3.54. The second kappa shape index (κ2) is 6.33. The highest BCUT2D eigenvalue weighted by Crippen LogP contribution is 2.30. The van der Waals surface area contributed by atoms with Gasteiger partial charge in [0.05, 0.1) is 12.3 Å². The number of rotatable bonds is 4. The van der Waals surface area contributed by atoms with Gasteiger partial charge in [-0.2, -0.15) is 0 Å². The van der Waals surface area contributed by atoms with Crippen LogP contribution in [0.2, 0.25) is 0 Å². The van der Waals surface area contributed by atoms with Crippen molar-refractivity contribution in [2.75, 3.05) is 11.9 Å². The Balaban J connectivity index is 1.55. The second-order valence-electron chi connectivity index (χ2n) is 5.90. The number of hydrogen-bond donors (Lipinski definition) is 2. The van der Waals surface area contributed by atoms with Gasteiger partial charge in [-0.05, 0) is 50.5 Å². The van der Waals surface area contributed by atoms with Crippen LogP contribution >= 0.6 is 11.3 Å². The van der Waals surface area contributed by atoms with Crippen LogP contribution in [0.4, 0.5) is 5.13 Å². The van der Waals surface area contributed by atoms with Gasteiger partial charge in [-0.15, -0.1) is 11.3 Å². The number of hydrogen-bond acceptors (Lipinski definition) is 5. The first kappa shape index (κ1) is 15.8. The fourth-order valence-corrected chi connectivity index (χ4v) is 4.05. The maximum absolute atomic E-state index is 12.5. The minimum Gasteiger partial charge on any atom is -0.461 e. The van der Waals surface area contributed by atoms with Crippen LogP contribution in [0.15, 0.2) is 24.3 Å². The number of aromatic amines is 1. The first-order chi connectivity index (χ1) is 12.1. The largest absolute Gasteiger partial charge is 0.461 e. The average molecular weight is 355 g/mol. The van der Waals surface area contributed by atoms with E-state index in [1.54, 1.807) is 42.5 Å². The van der Waals surface area contributed by atoms with Crippen molar-refractivity contribution >= 4 is 39.2 Å². The fraction of sp³-hybridized carbons (Fsp3) is 0.278. The summed E-state index contributed by atoms with van der Waals surface area (Å²) in [5, 5.41) is 4.31. The molecule has 0 spiro atoms. The van der Waals surface area contributed by atoms with Crippen molar-refractivity contribution in [1.82, 2.24) is 9.97 Å². The minimum atomic E-state index is -0.401. The van der Waals surface area contributed by atoms with Gasteiger partial charge in [0.25, 0.3) is 5.91 Å². The number of aryl methyl sites for hydroxylation is 2. The topological polar surface area (TPSA) is 84.1 Å². The molecule has 2 aromatic heterocycles. The molecule has 4 rings (SSSR count). The zero-order valence-electron chi connectivity index (χ0n) is 13.7. The van der Waals surface area contributed by atoms with Crippen molar-refractivity contribution in [1.29, 1.82) is 0 Å². The monoisotopic (exact) mass is 355 g/mol. The number of fused-ring (bicyclic) bond motifs is 2. The van der Waals surface area contributed by atoms with E-state index < -0.39 is 5.97 Å². The molecule has 6 nitrogen and oxygen atoms in total. The molecular weight excluding hydrogens is 338 g/mol. The first-order valence-electron chi connectivity index (χ1n) is 8.24. The highest BCUT2D eigenvalue weighted by molar-refractivity contribution is 7.16. The Morgan fingerprint density at radius 3 is 3.00 bits per heavy atom. The van der Waals surface area contributed by atoms with Crippen LogP contribution in [0, 0.1) is 0 Å². The highest BCUT2D eigenvalue weighted by Gasteiger charge is 2.18. The van der Waals surface area contributed by atoms with Gasteiger partial charge in [-0.3, -0.25) is 10.1 Å². The van der Waals surface area contributed by atoms with E-state index in [0.29, 0.717) is 23.0 Å². The van der Waals surface area contributed by atoms with Crippen molar-refractivity contribution in [2.24, 2.45) is 0 Å². The summed E-state index contributed by atoms with van der Waals surface area (Å²) >= 11 is 1.55. The highest BCUT2D eigenvalue weighted by atomic mass is 32.1. The quantitative estimate of drug-likeness (QED) is 0.701. The van der Waals surface area contributed by atoms with Crippen molar-refractivity contribution < 1.29 is 14.3 Å². The second-order valence-corrected chi connectivity index (χ2v) is 6.99. The molecule has 1 aliphatic rings. The first-order valence-corrected chi connectivity index (χ1v) is 9.05. The standard InChI is InChI=1S/C18H17N3O3S/c1-2-24-17(23)14-9-11-8-10(6-7-12(11)19-14)16(22)21-18-20-13-4-3-5-15(13)25-18/h6-9,19H,2-5H2,1H3,(H,20,21,22). The van der Waals surface area contributed by atoms with E-state index in [2.05, 4.69) is 15.3 Å². The van der Waals surface area contributed by atoms with E-state index in [1.807, 2.05) is 0 Å². The molecule has 128 valence electrons. The number of esters is 1. The molecule has 0 saturated heterocycles. The van der Waals surface area contributed by atoms with E-state index in [9.17, 15) is 9.59 Å². The third-order valence-corrected chi connectivity index (χ3v) is 5.27. The SMILES string of the molecule is CCOC(=O)c1cc2cc(C(=O)Nc3nc4c(s3)CCC4)ccc2[nH]1. The zero-order chi connectivity index (χ0) is 17.4. The Morgan fingerprint density at radius 1 is 1.32 bits per heavy atom. The van der Waals surface area contributed by atoms with Crippen molar-refractivity contribution in [2.45, 2.75) is 26.2 Å². The number of thiazole rings is 1. The summed E-state index contributed by atoms with van der Waals surface area (Å²) < 4.78 is 4.99. The van der Waals surface area contributed by atoms with Crippen LogP contribution in [0.3, 0.4) is 0 Å². The average Bonchev–Trinajstić information content (AvgIpc) is 3.27. The summed E-state index contributed by atoms with van der Waals surface area (Å²) in [6, 6.07) is 6.96. The summed E-state index contributed by atoms with van der Waals surface area (Å²) in [4.78, 5) is 33.0. The van der Waals surface area contributed by atoms with Crippen molar-refractivity contribution in [3.8, 4) is 0 Å². The summed E-state index contributed by atoms with van der Waals surface area (Å²) in [7, 11) is 0. The fourth-order valence-electron chi connectivity index (χ4n) is 3.01. The summed E-state index contributed by atoms with van der Waals surface area (Å²) in [6.45, 7) is 2.08. The lowest BCUT2D eigenvalue weighted by molar-refractivity contribution is 0.0520. The number of amides is 1. The van der Waals surface area contributed by atoms with E-state index in [1.165, 1.54) is 4.88 Å². The molecule has 7 heteroatoms. The predicted molar refractivity (Wildman–Crippen MR) is 96.3 cm³/mol. The van der Waals surface area contributed by atoms with Crippen LogP contribution < -0.4 is 5.32 Å². The van der Waals surface area contributed by atoms with Crippen LogP contribution in [-0.2, 0) is 17.6 Å². The van der Waals surface area contributed by atoms with Gasteiger partial charge < -0.3 is 9.72 Å². The lowest BCUT2D eigenvalue weighted by Gasteiger charge is -2.02. The molecule has 0 bridgehead atoms. The van der Waals surface area contributed by atoms with Crippen LogP contribution in [0.25, 0.3) is 10.9 Å². The molecule has 0 saturated carbocycles. The Bertz CT molecular complexity index is 952. The van der Waals surface area contributed by atoms with Crippen LogP contribution in [-0.4, -0.2) is 28.5 Å². The lowest BCUT2D eigenvalue weighted by atomic mass is 10.1. The Labute approximate surface area is 148 Å². The number of carbonyl (C=O) groups excluding carboxylic acids is 2. The van der Waals surface area contributed by atoms with E-state index in [-0.39, 0.29) is 5.91 Å². The molecule has 1 aromatic carbocycles. The number of anilines is 1. The van der Waals surface area contributed by atoms with Gasteiger partial charge in [0.15, 0.2) is 5.13 Å². The molecule has 2 heterocycles. The summed E-state index contributed by atoms with van der Waals surface area (Å²) in [5.74, 6) is -0.602. The maximum atomic E-state index is 12.5. The Hall–Kier alpha value is -2.67. The number of ether oxygens (including phenoxy) is 1. The smallest absolute Gasteiger partial charge is 0.354 e. The van der Waals surface area contributed by atoms with E-state index in [0.717, 1.165) is 35.9 Å². The number of H-pyrrole nitrogens is 1. The number of nitrogens with one attached hydrogen (secondary N) is 2. The lowest BCUT2D eigenvalue weighted by Crippen LogP contribution is -2.11. The molecule has 3 aromatic rings. The third kappa shape index (κ3) is 3.02. The molecular formula is C18H17N3O3S. The van der Waals surface area contributed by atoms with Gasteiger partial charge in [0, 0.05) is 21.3 Å². The minimum absolute atomic E-state index is 0.201. The molecule has 0 aliphatic heterocycles. The number of benzene rings is 1. The molecule has 1 aliphatic carbocycles. The molecule has 1 amide bonds. The van der Waals surface area contributed by atoms with Crippen LogP contribution in [0.5, 0.6) is 0 Å². The molecule has 0 radical (unpaired) electrons. The maximum Gasteiger partial charge on any atom is 0.354 e. The van der Waals surface area contributed by atoms with Crippen molar-refractivity contribution in [3.63, 3.8) is 0 Å². The molecule has 0 atom stereocenters. The Morgan fingerprint density at radius 2 is 2.20 bits per heavy atom. The van der Waals surface area contributed by atoms with Crippen LogP contribution in [0.1, 0.15) is 44.8 Å². The van der Waals surface area contributed by atoms with Gasteiger partial charge >= 0.3 is 5.97 Å². The summed E-state index contributed by atoms with van der Waals surface area (Å²) in [5.41, 5.74) is 2.80. The van der Waals surface area contributed by atoms with Gasteiger partial charge in [0.2, 0.25) is 0 Å². The van der Waals surface area contributed by atoms with Crippen molar-refractivity contribution in [3.05, 3.63) is 46.1 Å². The van der Waals surface area contributed by atoms with E-state index >= 15 is 0 Å². The molecule has 0 fully saturated rings. The number of aromatic nitrogens is 2. The normalized spacial score (nSPS) is 13.0.